The Labute approximate surface area is 186 Å². The smallest absolute Gasteiger partial charge is 0.219 e. The number of halogens is 1. The van der Waals surface area contributed by atoms with Gasteiger partial charge >= 0.3 is 0 Å². The first-order valence-corrected chi connectivity index (χ1v) is 10.6. The molecule has 1 aromatic carbocycles. The average Bonchev–Trinajstić information content (AvgIpc) is 3.25. The third kappa shape index (κ3) is 5.61. The zero-order valence-corrected chi connectivity index (χ0v) is 18.2. The van der Waals surface area contributed by atoms with E-state index in [9.17, 15) is 4.39 Å². The fraction of sp³-hybridized carbons (Fsp3) is 0.348. The van der Waals surface area contributed by atoms with Gasteiger partial charge in [0.15, 0.2) is 5.96 Å². The zero-order valence-electron chi connectivity index (χ0n) is 18.2. The monoisotopic (exact) mass is 438 g/mol. The summed E-state index contributed by atoms with van der Waals surface area (Å²) < 4.78 is 26.4. The summed E-state index contributed by atoms with van der Waals surface area (Å²) in [5.74, 6) is 1.52. The van der Waals surface area contributed by atoms with Crippen molar-refractivity contribution in [1.82, 2.24) is 25.0 Å². The van der Waals surface area contributed by atoms with E-state index in [0.717, 1.165) is 30.2 Å². The van der Waals surface area contributed by atoms with E-state index in [1.807, 2.05) is 25.5 Å². The van der Waals surface area contributed by atoms with Crippen LogP contribution in [0.3, 0.4) is 0 Å². The third-order valence-electron chi connectivity index (χ3n) is 5.04. The average molecular weight is 439 g/mol. The van der Waals surface area contributed by atoms with Gasteiger partial charge in [0.25, 0.3) is 0 Å². The van der Waals surface area contributed by atoms with Crippen LogP contribution in [0.5, 0.6) is 11.6 Å². The van der Waals surface area contributed by atoms with Crippen molar-refractivity contribution < 1.29 is 13.9 Å². The third-order valence-corrected chi connectivity index (χ3v) is 5.04. The Bertz CT molecular complexity index is 1040. The second-order valence-corrected chi connectivity index (χ2v) is 7.48. The van der Waals surface area contributed by atoms with Gasteiger partial charge in [0.05, 0.1) is 25.9 Å². The summed E-state index contributed by atoms with van der Waals surface area (Å²) in [6.07, 6.45) is 5.54. The first kappa shape index (κ1) is 21.8. The standard InChI is InChI=1S/C23H27FN6O2/c1-3-25-23(30-10-11-31-21(16-30)18-14-28-29(2)15-18)27-13-17-4-9-22(26-12-17)32-20-7-5-19(24)6-8-20/h4-9,12,14-15,21H,3,10-11,13,16H2,1-2H3,(H,25,27). The molecule has 0 bridgehead atoms. The Morgan fingerprint density at radius 1 is 1.25 bits per heavy atom. The van der Waals surface area contributed by atoms with Crippen LogP contribution >= 0.6 is 0 Å². The van der Waals surface area contributed by atoms with Crippen LogP contribution in [0.15, 0.2) is 60.0 Å². The Hall–Kier alpha value is -3.46. The molecule has 1 unspecified atom stereocenters. The lowest BCUT2D eigenvalue weighted by Crippen LogP contribution is -2.48. The zero-order chi connectivity index (χ0) is 22.3. The minimum absolute atomic E-state index is 0.0362. The first-order chi connectivity index (χ1) is 15.6. The van der Waals surface area contributed by atoms with Crippen molar-refractivity contribution in [3.05, 3.63) is 71.9 Å². The van der Waals surface area contributed by atoms with Crippen molar-refractivity contribution >= 4 is 5.96 Å². The normalized spacial score (nSPS) is 16.8. The van der Waals surface area contributed by atoms with Crippen molar-refractivity contribution in [1.29, 1.82) is 0 Å². The van der Waals surface area contributed by atoms with E-state index in [1.54, 1.807) is 29.1 Å². The highest BCUT2D eigenvalue weighted by molar-refractivity contribution is 5.80. The van der Waals surface area contributed by atoms with Crippen molar-refractivity contribution in [2.45, 2.75) is 19.6 Å². The molecular weight excluding hydrogens is 411 g/mol. The summed E-state index contributed by atoms with van der Waals surface area (Å²) in [7, 11) is 1.90. The number of benzene rings is 1. The second kappa shape index (κ2) is 10.2. The summed E-state index contributed by atoms with van der Waals surface area (Å²) in [5, 5.41) is 7.62. The summed E-state index contributed by atoms with van der Waals surface area (Å²) >= 11 is 0. The van der Waals surface area contributed by atoms with Crippen LogP contribution in [0, 0.1) is 5.82 Å². The van der Waals surface area contributed by atoms with Crippen molar-refractivity contribution in [2.75, 3.05) is 26.2 Å². The van der Waals surface area contributed by atoms with Gasteiger partial charge in [0.1, 0.15) is 17.7 Å². The van der Waals surface area contributed by atoms with E-state index >= 15 is 0 Å². The molecule has 3 aromatic rings. The predicted octanol–water partition coefficient (Wildman–Crippen LogP) is 3.29. The molecule has 4 rings (SSSR count). The molecule has 0 amide bonds. The number of nitrogens with zero attached hydrogens (tertiary/aromatic N) is 5. The van der Waals surface area contributed by atoms with Gasteiger partial charge in [-0.25, -0.2) is 14.4 Å². The van der Waals surface area contributed by atoms with Gasteiger partial charge in [-0.3, -0.25) is 4.68 Å². The molecule has 168 valence electrons. The number of aromatic nitrogens is 3. The maximum atomic E-state index is 13.0. The fourth-order valence-corrected chi connectivity index (χ4v) is 3.43. The highest BCUT2D eigenvalue weighted by atomic mass is 19.1. The highest BCUT2D eigenvalue weighted by Gasteiger charge is 2.25. The lowest BCUT2D eigenvalue weighted by Gasteiger charge is -2.34. The number of guanidine groups is 1. The minimum Gasteiger partial charge on any atom is -0.439 e. The maximum Gasteiger partial charge on any atom is 0.219 e. The molecule has 8 nitrogen and oxygen atoms in total. The molecule has 0 aliphatic carbocycles. The number of hydrogen-bond donors (Lipinski definition) is 1. The molecule has 1 aliphatic rings. The largest absolute Gasteiger partial charge is 0.439 e. The van der Waals surface area contributed by atoms with E-state index in [2.05, 4.69) is 27.2 Å². The SMILES string of the molecule is CCNC(=NCc1ccc(Oc2ccc(F)cc2)nc1)N1CCOC(c2cnn(C)c2)C1. The molecule has 0 saturated carbocycles. The minimum atomic E-state index is -0.304. The van der Waals surface area contributed by atoms with Gasteiger partial charge in [-0.2, -0.15) is 5.10 Å². The molecule has 1 atom stereocenters. The molecule has 2 aromatic heterocycles. The van der Waals surface area contributed by atoms with E-state index in [1.165, 1.54) is 12.1 Å². The second-order valence-electron chi connectivity index (χ2n) is 7.48. The number of ether oxygens (including phenoxy) is 2. The van der Waals surface area contributed by atoms with Crippen molar-refractivity contribution in [3.63, 3.8) is 0 Å². The topological polar surface area (TPSA) is 76.8 Å². The van der Waals surface area contributed by atoms with E-state index in [0.29, 0.717) is 31.3 Å². The lowest BCUT2D eigenvalue weighted by atomic mass is 10.1. The van der Waals surface area contributed by atoms with Gasteiger partial charge < -0.3 is 19.7 Å². The Morgan fingerprint density at radius 3 is 2.78 bits per heavy atom. The first-order valence-electron chi connectivity index (χ1n) is 10.6. The fourth-order valence-electron chi connectivity index (χ4n) is 3.43. The van der Waals surface area contributed by atoms with Gasteiger partial charge in [-0.05, 0) is 36.8 Å². The van der Waals surface area contributed by atoms with Crippen LogP contribution < -0.4 is 10.1 Å². The molecule has 1 N–H and O–H groups in total. The number of rotatable bonds is 6. The molecule has 0 spiro atoms. The van der Waals surface area contributed by atoms with Gasteiger partial charge in [0.2, 0.25) is 5.88 Å². The Balaban J connectivity index is 1.39. The van der Waals surface area contributed by atoms with Gasteiger partial charge in [-0.15, -0.1) is 0 Å². The van der Waals surface area contributed by atoms with E-state index in [-0.39, 0.29) is 11.9 Å². The molecule has 1 fully saturated rings. The summed E-state index contributed by atoms with van der Waals surface area (Å²) in [6.45, 7) is 5.42. The number of aryl methyl sites for hydroxylation is 1. The van der Waals surface area contributed by atoms with Crippen molar-refractivity contribution in [3.8, 4) is 11.6 Å². The van der Waals surface area contributed by atoms with Gasteiger partial charge in [0, 0.05) is 44.2 Å². The Morgan fingerprint density at radius 2 is 2.09 bits per heavy atom. The Kier molecular flexibility index (Phi) is 6.96. The van der Waals surface area contributed by atoms with Crippen LogP contribution in [-0.2, 0) is 18.3 Å². The predicted molar refractivity (Wildman–Crippen MR) is 119 cm³/mol. The summed E-state index contributed by atoms with van der Waals surface area (Å²) in [6, 6.07) is 9.55. The molecular formula is C23H27FN6O2. The van der Waals surface area contributed by atoms with Crippen LogP contribution in [0.2, 0.25) is 0 Å². The van der Waals surface area contributed by atoms with Crippen LogP contribution in [0.4, 0.5) is 4.39 Å². The molecule has 3 heterocycles. The number of aliphatic imine (C=N–C) groups is 1. The summed E-state index contributed by atoms with van der Waals surface area (Å²) in [5.41, 5.74) is 2.03. The van der Waals surface area contributed by atoms with E-state index in [4.69, 9.17) is 14.5 Å². The van der Waals surface area contributed by atoms with Gasteiger partial charge in [-0.1, -0.05) is 6.07 Å². The number of pyridine rings is 1. The molecule has 1 aliphatic heterocycles. The maximum absolute atomic E-state index is 13.0. The molecule has 1 saturated heterocycles. The number of nitrogens with one attached hydrogen (secondary N) is 1. The highest BCUT2D eigenvalue weighted by Crippen LogP contribution is 2.22. The molecule has 9 heteroatoms. The van der Waals surface area contributed by atoms with E-state index < -0.39 is 0 Å². The quantitative estimate of drug-likeness (QED) is 0.470. The van der Waals surface area contributed by atoms with Crippen LogP contribution in [-0.4, -0.2) is 51.9 Å². The van der Waals surface area contributed by atoms with Crippen LogP contribution in [0.25, 0.3) is 0 Å². The number of hydrogen-bond acceptors (Lipinski definition) is 5. The summed E-state index contributed by atoms with van der Waals surface area (Å²) in [4.78, 5) is 11.3. The molecule has 32 heavy (non-hydrogen) atoms. The van der Waals surface area contributed by atoms with Crippen molar-refractivity contribution in [2.24, 2.45) is 12.0 Å². The lowest BCUT2D eigenvalue weighted by molar-refractivity contribution is -0.00805. The van der Waals surface area contributed by atoms with Crippen LogP contribution in [0.1, 0.15) is 24.2 Å². The molecule has 0 radical (unpaired) electrons. The number of morpholine rings is 1.